The Labute approximate surface area is 146 Å². The molecule has 25 heavy (non-hydrogen) atoms. The SMILES string of the molecule is C=Cc1ccc(OCc2cccc(-c3nn[nH]n3)c2)c(CCC)c1O. The van der Waals surface area contributed by atoms with Crippen LogP contribution in [-0.4, -0.2) is 25.7 Å². The molecule has 0 radical (unpaired) electrons. The van der Waals surface area contributed by atoms with Crippen LogP contribution in [0.3, 0.4) is 0 Å². The molecule has 0 aliphatic carbocycles. The summed E-state index contributed by atoms with van der Waals surface area (Å²) < 4.78 is 5.97. The maximum absolute atomic E-state index is 10.4. The lowest BCUT2D eigenvalue weighted by molar-refractivity contribution is 0.300. The van der Waals surface area contributed by atoms with E-state index < -0.39 is 0 Å². The summed E-state index contributed by atoms with van der Waals surface area (Å²) in [6.07, 6.45) is 3.30. The number of phenols is 1. The fraction of sp³-hybridized carbons (Fsp3) is 0.211. The normalized spacial score (nSPS) is 10.6. The van der Waals surface area contributed by atoms with Crippen LogP contribution >= 0.6 is 0 Å². The third-order valence-electron chi connectivity index (χ3n) is 3.92. The van der Waals surface area contributed by atoms with Gasteiger partial charge in [-0.3, -0.25) is 0 Å². The number of H-pyrrole nitrogens is 1. The van der Waals surface area contributed by atoms with Crippen LogP contribution in [-0.2, 0) is 13.0 Å². The molecule has 0 aliphatic heterocycles. The minimum Gasteiger partial charge on any atom is -0.507 e. The Morgan fingerprint density at radius 2 is 2.16 bits per heavy atom. The first-order chi connectivity index (χ1) is 12.2. The van der Waals surface area contributed by atoms with Crippen LogP contribution in [0.1, 0.15) is 30.0 Å². The maximum atomic E-state index is 10.4. The Balaban J connectivity index is 1.81. The van der Waals surface area contributed by atoms with Crippen LogP contribution in [0.4, 0.5) is 0 Å². The molecule has 3 rings (SSSR count). The molecule has 0 unspecified atom stereocenters. The lowest BCUT2D eigenvalue weighted by Gasteiger charge is -2.14. The van der Waals surface area contributed by atoms with Gasteiger partial charge < -0.3 is 9.84 Å². The monoisotopic (exact) mass is 336 g/mol. The largest absolute Gasteiger partial charge is 0.507 e. The van der Waals surface area contributed by atoms with Crippen LogP contribution in [0.25, 0.3) is 17.5 Å². The molecule has 2 N–H and O–H groups in total. The topological polar surface area (TPSA) is 83.9 Å². The average molecular weight is 336 g/mol. The molecule has 2 aromatic carbocycles. The van der Waals surface area contributed by atoms with Gasteiger partial charge in [0.25, 0.3) is 0 Å². The zero-order chi connectivity index (χ0) is 17.6. The van der Waals surface area contributed by atoms with E-state index >= 15 is 0 Å². The van der Waals surface area contributed by atoms with Crippen molar-refractivity contribution >= 4 is 6.08 Å². The molecule has 0 bridgehead atoms. The van der Waals surface area contributed by atoms with Gasteiger partial charge in [0.05, 0.1) is 0 Å². The van der Waals surface area contributed by atoms with Crippen molar-refractivity contribution in [1.82, 2.24) is 20.6 Å². The van der Waals surface area contributed by atoms with Gasteiger partial charge in [0.2, 0.25) is 5.82 Å². The molecule has 0 saturated carbocycles. The lowest BCUT2D eigenvalue weighted by Crippen LogP contribution is -2.00. The molecule has 0 fully saturated rings. The van der Waals surface area contributed by atoms with Gasteiger partial charge in [0.15, 0.2) is 0 Å². The molecular weight excluding hydrogens is 316 g/mol. The summed E-state index contributed by atoms with van der Waals surface area (Å²) in [5, 5.41) is 24.4. The van der Waals surface area contributed by atoms with E-state index in [0.717, 1.165) is 35.1 Å². The molecule has 1 aromatic heterocycles. The van der Waals surface area contributed by atoms with Crippen LogP contribution in [0.5, 0.6) is 11.5 Å². The van der Waals surface area contributed by atoms with Crippen LogP contribution in [0.15, 0.2) is 43.0 Å². The van der Waals surface area contributed by atoms with Crippen LogP contribution in [0, 0.1) is 0 Å². The number of benzene rings is 2. The zero-order valence-corrected chi connectivity index (χ0v) is 14.1. The molecule has 0 aliphatic rings. The van der Waals surface area contributed by atoms with Crippen LogP contribution in [0.2, 0.25) is 0 Å². The van der Waals surface area contributed by atoms with Crippen molar-refractivity contribution in [2.45, 2.75) is 26.4 Å². The lowest BCUT2D eigenvalue weighted by atomic mass is 10.0. The Bertz CT molecular complexity index is 860. The first-order valence-electron chi connectivity index (χ1n) is 8.15. The van der Waals surface area contributed by atoms with E-state index in [1.165, 1.54) is 0 Å². The van der Waals surface area contributed by atoms with Gasteiger partial charge in [0.1, 0.15) is 18.1 Å². The fourth-order valence-electron chi connectivity index (χ4n) is 2.67. The second kappa shape index (κ2) is 7.61. The number of hydrogen-bond donors (Lipinski definition) is 2. The van der Waals surface area contributed by atoms with Gasteiger partial charge in [-0.15, -0.1) is 10.2 Å². The van der Waals surface area contributed by atoms with Crippen molar-refractivity contribution in [3.05, 3.63) is 59.7 Å². The molecule has 6 heteroatoms. The number of phenolic OH excluding ortho intramolecular Hbond substituents is 1. The Morgan fingerprint density at radius 3 is 2.88 bits per heavy atom. The summed E-state index contributed by atoms with van der Waals surface area (Å²) in [6.45, 7) is 6.18. The molecule has 0 spiro atoms. The van der Waals surface area contributed by atoms with E-state index in [1.54, 1.807) is 6.08 Å². The summed E-state index contributed by atoms with van der Waals surface area (Å²) in [6, 6.07) is 11.5. The third kappa shape index (κ3) is 3.68. The molecule has 1 heterocycles. The Kier molecular flexibility index (Phi) is 5.09. The Morgan fingerprint density at radius 1 is 1.28 bits per heavy atom. The number of nitrogens with zero attached hydrogens (tertiary/aromatic N) is 3. The van der Waals surface area contributed by atoms with E-state index in [-0.39, 0.29) is 5.75 Å². The standard InChI is InChI=1S/C19H20N4O2/c1-3-6-16-17(10-9-14(4-2)18(16)24)25-12-13-7-5-8-15(11-13)19-20-22-23-21-19/h4-5,7-11,24H,2-3,6,12H2,1H3,(H,20,21,22,23). The minimum atomic E-state index is 0.245. The van der Waals surface area contributed by atoms with Gasteiger partial charge in [-0.2, -0.15) is 5.21 Å². The number of ether oxygens (including phenoxy) is 1. The highest BCUT2D eigenvalue weighted by Crippen LogP contribution is 2.33. The van der Waals surface area contributed by atoms with Gasteiger partial charge in [-0.05, 0) is 35.4 Å². The summed E-state index contributed by atoms with van der Waals surface area (Å²) in [5.41, 5.74) is 3.38. The number of tetrazole rings is 1. The second-order valence-electron chi connectivity index (χ2n) is 5.66. The first-order valence-corrected chi connectivity index (χ1v) is 8.15. The summed E-state index contributed by atoms with van der Waals surface area (Å²) >= 11 is 0. The number of hydrogen-bond acceptors (Lipinski definition) is 5. The molecule has 0 atom stereocenters. The van der Waals surface area contributed by atoms with E-state index in [2.05, 4.69) is 34.1 Å². The van der Waals surface area contributed by atoms with Crippen molar-refractivity contribution in [2.24, 2.45) is 0 Å². The molecule has 128 valence electrons. The van der Waals surface area contributed by atoms with Gasteiger partial charge in [-0.1, -0.05) is 44.2 Å². The van der Waals surface area contributed by atoms with Crippen LogP contribution < -0.4 is 4.74 Å². The van der Waals surface area contributed by atoms with Crippen molar-refractivity contribution in [3.8, 4) is 22.9 Å². The van der Waals surface area contributed by atoms with E-state index in [4.69, 9.17) is 4.74 Å². The first kappa shape index (κ1) is 16.7. The van der Waals surface area contributed by atoms with E-state index in [1.807, 2.05) is 36.4 Å². The fourth-order valence-corrected chi connectivity index (χ4v) is 2.67. The van der Waals surface area contributed by atoms with Gasteiger partial charge in [0, 0.05) is 16.7 Å². The van der Waals surface area contributed by atoms with E-state index in [0.29, 0.717) is 18.2 Å². The molecule has 3 aromatic rings. The van der Waals surface area contributed by atoms with Crippen molar-refractivity contribution in [3.63, 3.8) is 0 Å². The Hall–Kier alpha value is -3.15. The predicted octanol–water partition coefficient (Wildman–Crippen LogP) is 3.75. The number of aromatic amines is 1. The number of aromatic nitrogens is 4. The average Bonchev–Trinajstić information content (AvgIpc) is 3.17. The molecular formula is C19H20N4O2. The quantitative estimate of drug-likeness (QED) is 0.686. The summed E-state index contributed by atoms with van der Waals surface area (Å²) in [4.78, 5) is 0. The second-order valence-corrected chi connectivity index (χ2v) is 5.66. The molecule has 0 amide bonds. The van der Waals surface area contributed by atoms with Crippen molar-refractivity contribution < 1.29 is 9.84 Å². The highest BCUT2D eigenvalue weighted by atomic mass is 16.5. The van der Waals surface area contributed by atoms with Gasteiger partial charge in [-0.25, -0.2) is 0 Å². The summed E-state index contributed by atoms with van der Waals surface area (Å²) in [5.74, 6) is 1.48. The molecule has 0 saturated heterocycles. The number of aromatic hydroxyl groups is 1. The molecule has 6 nitrogen and oxygen atoms in total. The van der Waals surface area contributed by atoms with E-state index in [9.17, 15) is 5.11 Å². The third-order valence-corrected chi connectivity index (χ3v) is 3.92. The highest BCUT2D eigenvalue weighted by Gasteiger charge is 2.12. The van der Waals surface area contributed by atoms with Gasteiger partial charge >= 0.3 is 0 Å². The van der Waals surface area contributed by atoms with Crippen molar-refractivity contribution in [2.75, 3.05) is 0 Å². The number of rotatable bonds is 7. The smallest absolute Gasteiger partial charge is 0.204 e. The minimum absolute atomic E-state index is 0.245. The maximum Gasteiger partial charge on any atom is 0.204 e. The predicted molar refractivity (Wildman–Crippen MR) is 96.1 cm³/mol. The highest BCUT2D eigenvalue weighted by molar-refractivity contribution is 5.61. The van der Waals surface area contributed by atoms with Crippen molar-refractivity contribution in [1.29, 1.82) is 0 Å². The zero-order valence-electron chi connectivity index (χ0n) is 14.1. The number of nitrogens with one attached hydrogen (secondary N) is 1. The summed E-state index contributed by atoms with van der Waals surface area (Å²) in [7, 11) is 0.